The van der Waals surface area contributed by atoms with Crippen molar-refractivity contribution in [2.45, 2.75) is 19.3 Å². The lowest BCUT2D eigenvalue weighted by molar-refractivity contribution is 0.666. The Morgan fingerprint density at radius 3 is 1.92 bits per heavy atom. The predicted octanol–water partition coefficient (Wildman–Crippen LogP) is 10.9. The Bertz CT molecular complexity index is 1800. The van der Waals surface area contributed by atoms with Crippen molar-refractivity contribution >= 4 is 39.4 Å². The molecule has 0 bridgehead atoms. The molecule has 0 fully saturated rings. The van der Waals surface area contributed by atoms with Crippen molar-refractivity contribution < 1.29 is 0 Å². The molecule has 188 valence electrons. The summed E-state index contributed by atoms with van der Waals surface area (Å²) in [5.41, 5.74) is 10.8. The van der Waals surface area contributed by atoms with E-state index in [0.717, 1.165) is 28.2 Å². The van der Waals surface area contributed by atoms with Crippen LogP contribution >= 0.6 is 11.6 Å². The average molecular weight is 522 g/mol. The van der Waals surface area contributed by atoms with Crippen LogP contribution in [0.15, 0.2) is 133 Å². The Kier molecular flexibility index (Phi) is 5.58. The van der Waals surface area contributed by atoms with Gasteiger partial charge in [-0.15, -0.1) is 0 Å². The Hall–Kier alpha value is -4.33. The van der Waals surface area contributed by atoms with Gasteiger partial charge in [-0.25, -0.2) is 0 Å². The van der Waals surface area contributed by atoms with E-state index in [1.165, 1.54) is 33.0 Å². The summed E-state index contributed by atoms with van der Waals surface area (Å²) in [6.07, 6.45) is 0. The molecule has 6 aromatic carbocycles. The standard InChI is InChI=1S/C37H28ClN/c1-37(2)35-20-18-26(23-34(35)33-19-17-25-11-9-10-16-32(25)36(33)37)27-21-28(38)24-31(22-27)39(29-12-5-3-6-13-29)30-14-7-4-8-15-30/h3-24H,1-2H3. The second kappa shape index (κ2) is 9.15. The molecule has 39 heavy (non-hydrogen) atoms. The van der Waals surface area contributed by atoms with Crippen LogP contribution in [-0.2, 0) is 5.41 Å². The fraction of sp³-hybridized carbons (Fsp3) is 0.0811. The largest absolute Gasteiger partial charge is 0.310 e. The maximum absolute atomic E-state index is 6.80. The first-order valence-corrected chi connectivity index (χ1v) is 13.8. The van der Waals surface area contributed by atoms with Crippen molar-refractivity contribution in [3.8, 4) is 22.3 Å². The average Bonchev–Trinajstić information content (AvgIpc) is 3.20. The second-order valence-corrected chi connectivity index (χ2v) is 11.2. The molecule has 0 unspecified atom stereocenters. The lowest BCUT2D eigenvalue weighted by atomic mass is 9.80. The van der Waals surface area contributed by atoms with Crippen molar-refractivity contribution in [1.82, 2.24) is 0 Å². The highest BCUT2D eigenvalue weighted by Crippen LogP contribution is 2.52. The van der Waals surface area contributed by atoms with Gasteiger partial charge in [0.25, 0.3) is 0 Å². The van der Waals surface area contributed by atoms with Crippen molar-refractivity contribution in [3.63, 3.8) is 0 Å². The molecule has 1 aliphatic rings. The van der Waals surface area contributed by atoms with Crippen LogP contribution in [0.1, 0.15) is 25.0 Å². The molecule has 0 N–H and O–H groups in total. The van der Waals surface area contributed by atoms with Crippen molar-refractivity contribution in [3.05, 3.63) is 150 Å². The van der Waals surface area contributed by atoms with E-state index in [9.17, 15) is 0 Å². The Morgan fingerprint density at radius 2 is 1.21 bits per heavy atom. The fourth-order valence-electron chi connectivity index (χ4n) is 6.27. The monoisotopic (exact) mass is 521 g/mol. The van der Waals surface area contributed by atoms with E-state index in [1.807, 2.05) is 18.2 Å². The van der Waals surface area contributed by atoms with Gasteiger partial charge in [0.1, 0.15) is 0 Å². The predicted molar refractivity (Wildman–Crippen MR) is 167 cm³/mol. The molecular formula is C37H28ClN. The quantitative estimate of drug-likeness (QED) is 0.223. The summed E-state index contributed by atoms with van der Waals surface area (Å²) < 4.78 is 0. The normalized spacial score (nSPS) is 13.2. The Balaban J connectivity index is 1.39. The minimum absolute atomic E-state index is 0.0685. The summed E-state index contributed by atoms with van der Waals surface area (Å²) in [7, 11) is 0. The number of fused-ring (bicyclic) bond motifs is 5. The van der Waals surface area contributed by atoms with E-state index in [4.69, 9.17) is 11.6 Å². The molecule has 1 aliphatic carbocycles. The minimum Gasteiger partial charge on any atom is -0.310 e. The summed E-state index contributed by atoms with van der Waals surface area (Å²) in [6, 6.07) is 47.4. The summed E-state index contributed by atoms with van der Waals surface area (Å²) in [5, 5.41) is 3.34. The molecule has 0 heterocycles. The number of halogens is 1. The van der Waals surface area contributed by atoms with Gasteiger partial charge < -0.3 is 4.90 Å². The Morgan fingerprint density at radius 1 is 0.538 bits per heavy atom. The van der Waals surface area contributed by atoms with Gasteiger partial charge in [-0.1, -0.05) is 110 Å². The van der Waals surface area contributed by atoms with Gasteiger partial charge in [-0.3, -0.25) is 0 Å². The molecule has 1 nitrogen and oxygen atoms in total. The molecule has 0 saturated heterocycles. The molecule has 0 amide bonds. The van der Waals surface area contributed by atoms with Crippen molar-refractivity contribution in [1.29, 1.82) is 0 Å². The zero-order valence-electron chi connectivity index (χ0n) is 22.0. The van der Waals surface area contributed by atoms with E-state index in [1.54, 1.807) is 0 Å². The third-order valence-electron chi connectivity index (χ3n) is 8.04. The third kappa shape index (κ3) is 3.93. The van der Waals surface area contributed by atoms with E-state index in [0.29, 0.717) is 5.02 Å². The van der Waals surface area contributed by atoms with Gasteiger partial charge in [0, 0.05) is 27.5 Å². The van der Waals surface area contributed by atoms with Crippen LogP contribution < -0.4 is 4.90 Å². The van der Waals surface area contributed by atoms with E-state index < -0.39 is 0 Å². The van der Waals surface area contributed by atoms with Crippen LogP contribution in [0.4, 0.5) is 17.1 Å². The number of benzene rings is 6. The lowest BCUT2D eigenvalue weighted by Gasteiger charge is -2.26. The SMILES string of the molecule is CC1(C)c2ccc(-c3cc(Cl)cc(N(c4ccccc4)c4ccccc4)c3)cc2-c2ccc3ccccc3c21. The van der Waals surface area contributed by atoms with Gasteiger partial charge in [0.05, 0.1) is 0 Å². The molecule has 2 heteroatoms. The first-order chi connectivity index (χ1) is 19.0. The van der Waals surface area contributed by atoms with Gasteiger partial charge in [0.15, 0.2) is 0 Å². The molecule has 0 atom stereocenters. The lowest BCUT2D eigenvalue weighted by Crippen LogP contribution is -2.15. The number of hydrogen-bond acceptors (Lipinski definition) is 1. The Labute approximate surface area is 234 Å². The van der Waals surface area contributed by atoms with Gasteiger partial charge in [-0.05, 0) is 92.7 Å². The molecule has 0 saturated carbocycles. The van der Waals surface area contributed by atoms with Crippen molar-refractivity contribution in [2.75, 3.05) is 4.90 Å². The molecule has 0 aliphatic heterocycles. The molecule has 0 radical (unpaired) electrons. The fourth-order valence-corrected chi connectivity index (χ4v) is 6.50. The number of hydrogen-bond donors (Lipinski definition) is 0. The first-order valence-electron chi connectivity index (χ1n) is 13.4. The minimum atomic E-state index is -0.0685. The zero-order valence-corrected chi connectivity index (χ0v) is 22.8. The number of rotatable bonds is 4. The summed E-state index contributed by atoms with van der Waals surface area (Å²) >= 11 is 6.80. The highest BCUT2D eigenvalue weighted by Gasteiger charge is 2.36. The van der Waals surface area contributed by atoms with Gasteiger partial charge >= 0.3 is 0 Å². The zero-order chi connectivity index (χ0) is 26.6. The second-order valence-electron chi connectivity index (χ2n) is 10.8. The van der Waals surface area contributed by atoms with E-state index in [-0.39, 0.29) is 5.41 Å². The number of nitrogens with zero attached hydrogens (tertiary/aromatic N) is 1. The molecular weight excluding hydrogens is 494 g/mol. The number of para-hydroxylation sites is 2. The molecule has 7 rings (SSSR count). The summed E-state index contributed by atoms with van der Waals surface area (Å²) in [5.74, 6) is 0. The van der Waals surface area contributed by atoms with Crippen LogP contribution in [0.5, 0.6) is 0 Å². The van der Waals surface area contributed by atoms with E-state index in [2.05, 4.69) is 134 Å². The highest BCUT2D eigenvalue weighted by molar-refractivity contribution is 6.31. The summed E-state index contributed by atoms with van der Waals surface area (Å²) in [4.78, 5) is 2.26. The van der Waals surface area contributed by atoms with Gasteiger partial charge in [0.2, 0.25) is 0 Å². The first kappa shape index (κ1) is 23.8. The maximum atomic E-state index is 6.80. The smallest absolute Gasteiger partial charge is 0.0482 e. The van der Waals surface area contributed by atoms with Crippen LogP contribution in [-0.4, -0.2) is 0 Å². The highest BCUT2D eigenvalue weighted by atomic mass is 35.5. The van der Waals surface area contributed by atoms with Crippen LogP contribution in [0.2, 0.25) is 5.02 Å². The maximum Gasteiger partial charge on any atom is 0.0482 e. The molecule has 6 aromatic rings. The van der Waals surface area contributed by atoms with Crippen LogP contribution in [0, 0.1) is 0 Å². The topological polar surface area (TPSA) is 3.24 Å². The molecule has 0 spiro atoms. The number of anilines is 3. The van der Waals surface area contributed by atoms with E-state index >= 15 is 0 Å². The van der Waals surface area contributed by atoms with Gasteiger partial charge in [-0.2, -0.15) is 0 Å². The van der Waals surface area contributed by atoms with Crippen molar-refractivity contribution in [2.24, 2.45) is 0 Å². The summed E-state index contributed by atoms with van der Waals surface area (Å²) in [6.45, 7) is 4.69. The molecule has 0 aromatic heterocycles. The third-order valence-corrected chi connectivity index (χ3v) is 8.26. The van der Waals surface area contributed by atoms with Crippen LogP contribution in [0.25, 0.3) is 33.0 Å². The van der Waals surface area contributed by atoms with Crippen LogP contribution in [0.3, 0.4) is 0 Å².